The number of carbonyl (C=O) groups is 1. The van der Waals surface area contributed by atoms with Crippen molar-refractivity contribution in [3.63, 3.8) is 0 Å². The van der Waals surface area contributed by atoms with E-state index in [1.165, 1.54) is 7.11 Å². The van der Waals surface area contributed by atoms with Crippen molar-refractivity contribution in [2.75, 3.05) is 20.3 Å². The Hall–Kier alpha value is -1.92. The molecule has 23 heavy (non-hydrogen) atoms. The molecule has 6 heteroatoms. The van der Waals surface area contributed by atoms with Gasteiger partial charge in [-0.15, -0.1) is 11.3 Å². The minimum Gasteiger partial charge on any atom is -0.486 e. The van der Waals surface area contributed by atoms with Crippen LogP contribution in [0.4, 0.5) is 0 Å². The van der Waals surface area contributed by atoms with Crippen LogP contribution in [-0.2, 0) is 22.7 Å². The van der Waals surface area contributed by atoms with Crippen LogP contribution in [-0.4, -0.2) is 36.1 Å². The highest BCUT2D eigenvalue weighted by atomic mass is 32.1. The molecule has 2 aromatic rings. The molecule has 0 saturated carbocycles. The second-order valence-electron chi connectivity index (χ2n) is 5.08. The maximum atomic E-state index is 12.0. The van der Waals surface area contributed by atoms with Crippen molar-refractivity contribution >= 4 is 17.2 Å². The maximum Gasteiger partial charge on any atom is 0.248 e. The van der Waals surface area contributed by atoms with Crippen LogP contribution in [0.2, 0.25) is 0 Å². The summed E-state index contributed by atoms with van der Waals surface area (Å²) >= 11 is 1.55. The summed E-state index contributed by atoms with van der Waals surface area (Å²) in [7, 11) is 1.53. The van der Waals surface area contributed by atoms with E-state index < -0.39 is 0 Å². The molecule has 0 aliphatic heterocycles. The van der Waals surface area contributed by atoms with Gasteiger partial charge in [0.25, 0.3) is 0 Å². The first-order valence-corrected chi connectivity index (χ1v) is 8.48. The van der Waals surface area contributed by atoms with E-state index in [0.29, 0.717) is 19.7 Å². The molecule has 0 aliphatic carbocycles. The summed E-state index contributed by atoms with van der Waals surface area (Å²) in [5, 5.41) is 2.88. The monoisotopic (exact) mass is 334 g/mol. The van der Waals surface area contributed by atoms with E-state index in [0.717, 1.165) is 22.9 Å². The van der Waals surface area contributed by atoms with Crippen molar-refractivity contribution in [3.8, 4) is 5.75 Å². The van der Waals surface area contributed by atoms with Crippen LogP contribution in [0.3, 0.4) is 0 Å². The van der Waals surface area contributed by atoms with Crippen molar-refractivity contribution in [2.24, 2.45) is 0 Å². The van der Waals surface area contributed by atoms with E-state index in [9.17, 15) is 4.79 Å². The molecule has 1 aromatic heterocycles. The van der Waals surface area contributed by atoms with Gasteiger partial charge in [0.1, 0.15) is 24.0 Å². The van der Waals surface area contributed by atoms with Gasteiger partial charge in [0, 0.05) is 19.0 Å². The molecule has 0 aliphatic rings. The third-order valence-corrected chi connectivity index (χ3v) is 4.04. The quantitative estimate of drug-likeness (QED) is 0.707. The highest BCUT2D eigenvalue weighted by Crippen LogP contribution is 2.16. The number of hydrogen-bond donors (Lipinski definition) is 0. The third kappa shape index (κ3) is 5.65. The van der Waals surface area contributed by atoms with Crippen LogP contribution < -0.4 is 4.74 Å². The second-order valence-corrected chi connectivity index (χ2v) is 6.03. The van der Waals surface area contributed by atoms with Crippen LogP contribution in [0.25, 0.3) is 0 Å². The van der Waals surface area contributed by atoms with Crippen LogP contribution in [0.1, 0.15) is 24.0 Å². The average molecular weight is 334 g/mol. The first kappa shape index (κ1) is 17.4. The molecule has 0 radical (unpaired) electrons. The van der Waals surface area contributed by atoms with Gasteiger partial charge in [0.2, 0.25) is 5.91 Å². The summed E-state index contributed by atoms with van der Waals surface area (Å²) in [6.45, 7) is 3.81. The van der Waals surface area contributed by atoms with Crippen LogP contribution in [0, 0.1) is 0 Å². The number of ether oxygens (including phenoxy) is 2. The molecule has 0 fully saturated rings. The zero-order chi connectivity index (χ0) is 16.5. The number of methoxy groups -OCH3 is 1. The lowest BCUT2D eigenvalue weighted by Crippen LogP contribution is -2.34. The van der Waals surface area contributed by atoms with Crippen LogP contribution in [0.5, 0.6) is 5.75 Å². The molecular weight excluding hydrogens is 312 g/mol. The molecule has 5 nitrogen and oxygen atoms in total. The fraction of sp³-hybridized carbons (Fsp3) is 0.412. The summed E-state index contributed by atoms with van der Waals surface area (Å²) < 4.78 is 10.6. The normalized spacial score (nSPS) is 10.5. The average Bonchev–Trinajstić information content (AvgIpc) is 3.01. The van der Waals surface area contributed by atoms with Gasteiger partial charge in [-0.05, 0) is 18.6 Å². The summed E-state index contributed by atoms with van der Waals surface area (Å²) in [6, 6.07) is 9.66. The number of amides is 1. The van der Waals surface area contributed by atoms with Gasteiger partial charge in [-0.3, -0.25) is 4.79 Å². The van der Waals surface area contributed by atoms with Gasteiger partial charge >= 0.3 is 0 Å². The fourth-order valence-electron chi connectivity index (χ4n) is 2.12. The Morgan fingerprint density at radius 3 is 2.78 bits per heavy atom. The number of carbonyl (C=O) groups excluding carboxylic acids is 1. The third-order valence-electron chi connectivity index (χ3n) is 3.17. The number of benzene rings is 1. The van der Waals surface area contributed by atoms with Crippen molar-refractivity contribution in [1.29, 1.82) is 0 Å². The summed E-state index contributed by atoms with van der Waals surface area (Å²) in [4.78, 5) is 18.3. The van der Waals surface area contributed by atoms with Crippen molar-refractivity contribution in [1.82, 2.24) is 9.88 Å². The smallest absolute Gasteiger partial charge is 0.248 e. The molecule has 0 saturated heterocycles. The lowest BCUT2D eigenvalue weighted by molar-refractivity contribution is -0.135. The molecule has 0 spiro atoms. The molecule has 0 atom stereocenters. The molecule has 0 unspecified atom stereocenters. The van der Waals surface area contributed by atoms with Gasteiger partial charge in [-0.1, -0.05) is 25.1 Å². The zero-order valence-electron chi connectivity index (χ0n) is 13.5. The van der Waals surface area contributed by atoms with Crippen molar-refractivity contribution < 1.29 is 14.3 Å². The molecule has 1 heterocycles. The van der Waals surface area contributed by atoms with Gasteiger partial charge in [-0.2, -0.15) is 0 Å². The highest BCUT2D eigenvalue weighted by molar-refractivity contribution is 7.09. The Bertz CT molecular complexity index is 601. The minimum absolute atomic E-state index is 0.00978. The molecule has 124 valence electrons. The lowest BCUT2D eigenvalue weighted by atomic mass is 10.3. The first-order valence-electron chi connectivity index (χ1n) is 7.60. The fourth-order valence-corrected chi connectivity index (χ4v) is 2.82. The van der Waals surface area contributed by atoms with Gasteiger partial charge in [0.05, 0.1) is 12.2 Å². The Kier molecular flexibility index (Phi) is 7.03. The molecule has 1 amide bonds. The Morgan fingerprint density at radius 2 is 2.09 bits per heavy atom. The Balaban J connectivity index is 1.91. The topological polar surface area (TPSA) is 51.7 Å². The molecule has 1 aromatic carbocycles. The molecule has 0 bridgehead atoms. The van der Waals surface area contributed by atoms with Crippen LogP contribution >= 0.6 is 11.3 Å². The SMILES string of the molecule is CCCN(Cc1csc(COc2ccccc2)n1)C(=O)COC. The summed E-state index contributed by atoms with van der Waals surface area (Å²) in [6.07, 6.45) is 0.906. The first-order chi connectivity index (χ1) is 11.2. The van der Waals surface area contributed by atoms with E-state index >= 15 is 0 Å². The zero-order valence-corrected chi connectivity index (χ0v) is 14.3. The highest BCUT2D eigenvalue weighted by Gasteiger charge is 2.14. The van der Waals surface area contributed by atoms with E-state index in [-0.39, 0.29) is 12.5 Å². The van der Waals surface area contributed by atoms with E-state index in [1.54, 1.807) is 16.2 Å². The number of rotatable bonds is 9. The predicted molar refractivity (Wildman–Crippen MR) is 90.5 cm³/mol. The largest absolute Gasteiger partial charge is 0.486 e. The summed E-state index contributed by atoms with van der Waals surface area (Å²) in [5.74, 6) is 0.816. The molecule has 2 rings (SSSR count). The number of aromatic nitrogens is 1. The lowest BCUT2D eigenvalue weighted by Gasteiger charge is -2.20. The number of hydrogen-bond acceptors (Lipinski definition) is 5. The number of thiazole rings is 1. The minimum atomic E-state index is -0.00978. The standard InChI is InChI=1S/C17H22N2O3S/c1-3-9-19(17(20)12-21-2)10-14-13-23-16(18-14)11-22-15-7-5-4-6-8-15/h4-8,13H,3,9-12H2,1-2H3. The van der Waals surface area contributed by atoms with E-state index in [2.05, 4.69) is 4.98 Å². The van der Waals surface area contributed by atoms with Gasteiger partial charge in [0.15, 0.2) is 0 Å². The van der Waals surface area contributed by atoms with E-state index in [1.807, 2.05) is 42.6 Å². The van der Waals surface area contributed by atoms with E-state index in [4.69, 9.17) is 9.47 Å². The van der Waals surface area contributed by atoms with Crippen molar-refractivity contribution in [2.45, 2.75) is 26.5 Å². The van der Waals surface area contributed by atoms with Gasteiger partial charge in [-0.25, -0.2) is 4.98 Å². The number of nitrogens with zero attached hydrogens (tertiary/aromatic N) is 2. The molecule has 0 N–H and O–H groups in total. The Morgan fingerprint density at radius 1 is 1.30 bits per heavy atom. The second kappa shape index (κ2) is 9.27. The number of para-hydroxylation sites is 1. The predicted octanol–water partition coefficient (Wildman–Crippen LogP) is 3.11. The molecular formula is C17H22N2O3S. The Labute approximate surface area is 140 Å². The maximum absolute atomic E-state index is 12.0. The van der Waals surface area contributed by atoms with Crippen LogP contribution in [0.15, 0.2) is 35.7 Å². The van der Waals surface area contributed by atoms with Gasteiger partial charge < -0.3 is 14.4 Å². The summed E-state index contributed by atoms with van der Waals surface area (Å²) in [5.41, 5.74) is 0.888. The van der Waals surface area contributed by atoms with Crippen molar-refractivity contribution in [3.05, 3.63) is 46.4 Å².